The molecule has 0 aliphatic heterocycles. The molecule has 5 nitrogen and oxygen atoms in total. The van der Waals surface area contributed by atoms with Gasteiger partial charge in [0.15, 0.2) is 0 Å². The van der Waals surface area contributed by atoms with Crippen molar-refractivity contribution in [3.8, 4) is 0 Å². The fourth-order valence-corrected chi connectivity index (χ4v) is 1.81. The molecule has 0 aliphatic rings. The molecular weight excluding hydrogens is 297 g/mol. The summed E-state index contributed by atoms with van der Waals surface area (Å²) in [7, 11) is 0. The van der Waals surface area contributed by atoms with Gasteiger partial charge in [-0.15, -0.1) is 0 Å². The summed E-state index contributed by atoms with van der Waals surface area (Å²) in [6, 6.07) is 4.74. The minimum Gasteiger partial charge on any atom is -0.258 e. The van der Waals surface area contributed by atoms with E-state index in [9.17, 15) is 10.1 Å². The van der Waals surface area contributed by atoms with Crippen LogP contribution >= 0.6 is 22.6 Å². The van der Waals surface area contributed by atoms with Crippen LogP contribution in [-0.2, 0) is 4.55 Å². The Labute approximate surface area is 93.0 Å². The van der Waals surface area contributed by atoms with Gasteiger partial charge in [0.1, 0.15) is 0 Å². The summed E-state index contributed by atoms with van der Waals surface area (Å²) in [6.45, 7) is 0. The van der Waals surface area contributed by atoms with Gasteiger partial charge in [-0.2, -0.15) is 5.10 Å². The average Bonchev–Trinajstić information content (AvgIpc) is 2.59. The molecule has 1 aromatic heterocycles. The van der Waals surface area contributed by atoms with Crippen molar-refractivity contribution in [1.29, 1.82) is 0 Å². The molecule has 6 heteroatoms. The molecule has 1 aromatic carbocycles. The van der Waals surface area contributed by atoms with E-state index < -0.39 is 4.92 Å². The maximum absolute atomic E-state index is 10.5. The van der Waals surface area contributed by atoms with E-state index in [1.54, 1.807) is 23.0 Å². The first-order valence-electron chi connectivity index (χ1n) is 3.88. The highest BCUT2D eigenvalue weighted by molar-refractivity contribution is 14.1. The number of halogens is 1. The lowest BCUT2D eigenvalue weighted by atomic mass is 10.2. The van der Waals surface area contributed by atoms with Crippen LogP contribution in [0.4, 0.5) is 5.69 Å². The Morgan fingerprint density at radius 2 is 2.36 bits per heavy atom. The van der Waals surface area contributed by atoms with Crippen molar-refractivity contribution in [2.45, 2.75) is 4.55 Å². The Morgan fingerprint density at radius 1 is 1.57 bits per heavy atom. The minimum absolute atomic E-state index is 0.101. The van der Waals surface area contributed by atoms with Crippen LogP contribution in [0.2, 0.25) is 0 Å². The van der Waals surface area contributed by atoms with Crippen LogP contribution in [0.5, 0.6) is 0 Å². The predicted molar refractivity (Wildman–Crippen MR) is 60.4 cm³/mol. The third-order valence-electron chi connectivity index (χ3n) is 1.95. The number of fused-ring (bicyclic) bond motifs is 1. The first-order chi connectivity index (χ1) is 6.72. The number of nitro groups is 1. The van der Waals surface area contributed by atoms with Gasteiger partial charge in [-0.25, -0.2) is 0 Å². The lowest BCUT2D eigenvalue weighted by Crippen LogP contribution is -1.94. The molecule has 1 heterocycles. The number of benzene rings is 1. The summed E-state index contributed by atoms with van der Waals surface area (Å²) in [6.07, 6.45) is 1.71. The molecule has 0 saturated carbocycles. The van der Waals surface area contributed by atoms with Crippen molar-refractivity contribution in [3.05, 3.63) is 34.5 Å². The first-order valence-corrected chi connectivity index (χ1v) is 5.41. The van der Waals surface area contributed by atoms with Gasteiger partial charge in [0.05, 0.1) is 21.2 Å². The number of alkyl halides is 1. The van der Waals surface area contributed by atoms with Gasteiger partial charge in [0.2, 0.25) is 0 Å². The molecule has 0 radical (unpaired) electrons. The topological polar surface area (TPSA) is 61.0 Å². The average molecular weight is 303 g/mol. The molecule has 2 rings (SSSR count). The lowest BCUT2D eigenvalue weighted by molar-refractivity contribution is -0.384. The van der Waals surface area contributed by atoms with Gasteiger partial charge in [0.25, 0.3) is 5.69 Å². The summed E-state index contributed by atoms with van der Waals surface area (Å²) < 4.78 is 2.41. The minimum atomic E-state index is -0.399. The molecule has 0 saturated heterocycles. The quantitative estimate of drug-likeness (QED) is 0.370. The van der Waals surface area contributed by atoms with Crippen molar-refractivity contribution >= 4 is 39.2 Å². The zero-order valence-electron chi connectivity index (χ0n) is 7.05. The van der Waals surface area contributed by atoms with E-state index in [0.29, 0.717) is 4.55 Å². The molecule has 0 amide bonds. The number of nitro benzene ring substituents is 1. The Hall–Kier alpha value is -1.18. The second-order valence-corrected chi connectivity index (χ2v) is 3.45. The number of aromatic nitrogens is 2. The molecule has 0 bridgehead atoms. The Kier molecular flexibility index (Phi) is 2.36. The van der Waals surface area contributed by atoms with Crippen molar-refractivity contribution < 1.29 is 4.92 Å². The van der Waals surface area contributed by atoms with Crippen LogP contribution in [0.25, 0.3) is 10.9 Å². The second-order valence-electron chi connectivity index (χ2n) is 2.76. The fourth-order valence-electron chi connectivity index (χ4n) is 1.27. The summed E-state index contributed by atoms with van der Waals surface area (Å²) in [4.78, 5) is 10.1. The normalized spacial score (nSPS) is 10.6. The molecule has 2 aromatic rings. The van der Waals surface area contributed by atoms with E-state index in [4.69, 9.17) is 0 Å². The van der Waals surface area contributed by atoms with E-state index >= 15 is 0 Å². The highest BCUT2D eigenvalue weighted by atomic mass is 127. The number of hydrogen-bond acceptors (Lipinski definition) is 3. The van der Waals surface area contributed by atoms with Crippen molar-refractivity contribution in [2.24, 2.45) is 0 Å². The van der Waals surface area contributed by atoms with E-state index in [1.165, 1.54) is 6.07 Å². The number of non-ortho nitro benzene ring substituents is 1. The molecule has 72 valence electrons. The van der Waals surface area contributed by atoms with E-state index in [1.807, 2.05) is 0 Å². The fraction of sp³-hybridized carbons (Fsp3) is 0.125. The SMILES string of the molecule is O=[N+]([O-])c1ccc2cnn(CI)c2c1. The maximum atomic E-state index is 10.5. The van der Waals surface area contributed by atoms with Crippen LogP contribution in [0, 0.1) is 10.1 Å². The monoisotopic (exact) mass is 303 g/mol. The number of hydrogen-bond donors (Lipinski definition) is 0. The third kappa shape index (κ3) is 1.45. The van der Waals surface area contributed by atoms with E-state index in [-0.39, 0.29) is 5.69 Å². The summed E-state index contributed by atoms with van der Waals surface area (Å²) in [5.41, 5.74) is 0.901. The molecule has 0 N–H and O–H groups in total. The predicted octanol–water partition coefficient (Wildman–Crippen LogP) is 2.34. The molecular formula is C8H6IN3O2. The van der Waals surface area contributed by atoms with Gasteiger partial charge in [0, 0.05) is 17.5 Å². The van der Waals surface area contributed by atoms with Crippen LogP contribution in [0.3, 0.4) is 0 Å². The maximum Gasteiger partial charge on any atom is 0.271 e. The van der Waals surface area contributed by atoms with Gasteiger partial charge >= 0.3 is 0 Å². The highest BCUT2D eigenvalue weighted by Gasteiger charge is 2.08. The van der Waals surface area contributed by atoms with Gasteiger partial charge < -0.3 is 0 Å². The van der Waals surface area contributed by atoms with Crippen molar-refractivity contribution in [1.82, 2.24) is 9.78 Å². The van der Waals surface area contributed by atoms with E-state index in [0.717, 1.165) is 10.9 Å². The molecule has 0 spiro atoms. The summed E-state index contributed by atoms with van der Waals surface area (Å²) in [5.74, 6) is 0. The third-order valence-corrected chi connectivity index (χ3v) is 2.60. The van der Waals surface area contributed by atoms with Crippen LogP contribution in [-0.4, -0.2) is 14.7 Å². The van der Waals surface area contributed by atoms with Crippen LogP contribution < -0.4 is 0 Å². The zero-order valence-corrected chi connectivity index (χ0v) is 9.21. The second kappa shape index (κ2) is 3.52. The molecule has 0 atom stereocenters. The number of nitrogens with zero attached hydrogens (tertiary/aromatic N) is 3. The van der Waals surface area contributed by atoms with E-state index in [2.05, 4.69) is 27.7 Å². The zero-order chi connectivity index (χ0) is 10.1. The summed E-state index contributed by atoms with van der Waals surface area (Å²) in [5, 5.41) is 15.6. The van der Waals surface area contributed by atoms with Gasteiger partial charge in [-0.3, -0.25) is 14.8 Å². The molecule has 0 unspecified atom stereocenters. The lowest BCUT2D eigenvalue weighted by Gasteiger charge is -1.96. The standard InChI is InChI=1S/C8H6IN3O2/c9-5-11-8-3-7(12(13)14)2-1-6(8)4-10-11/h1-4H,5H2. The van der Waals surface area contributed by atoms with Gasteiger partial charge in [-0.1, -0.05) is 22.6 Å². The van der Waals surface area contributed by atoms with Gasteiger partial charge in [-0.05, 0) is 6.07 Å². The molecule has 14 heavy (non-hydrogen) atoms. The number of rotatable bonds is 2. The summed E-state index contributed by atoms with van der Waals surface area (Å²) >= 11 is 2.16. The Balaban J connectivity index is 2.67. The van der Waals surface area contributed by atoms with Crippen LogP contribution in [0.1, 0.15) is 0 Å². The smallest absolute Gasteiger partial charge is 0.258 e. The Bertz CT molecular complexity index is 494. The molecule has 0 aliphatic carbocycles. The van der Waals surface area contributed by atoms with Crippen LogP contribution in [0.15, 0.2) is 24.4 Å². The Morgan fingerprint density at radius 3 is 3.00 bits per heavy atom. The van der Waals surface area contributed by atoms with Crippen molar-refractivity contribution in [3.63, 3.8) is 0 Å². The van der Waals surface area contributed by atoms with Crippen molar-refractivity contribution in [2.75, 3.05) is 0 Å². The first kappa shape index (κ1) is 9.38. The highest BCUT2D eigenvalue weighted by Crippen LogP contribution is 2.20. The largest absolute Gasteiger partial charge is 0.271 e. The molecule has 0 fully saturated rings.